The van der Waals surface area contributed by atoms with Crippen LogP contribution < -0.4 is 5.32 Å². The zero-order valence-corrected chi connectivity index (χ0v) is 17.6. The molecule has 0 bridgehead atoms. The predicted molar refractivity (Wildman–Crippen MR) is 127 cm³/mol. The largest absolute Gasteiger partial charge is 0.507 e. The highest BCUT2D eigenvalue weighted by molar-refractivity contribution is 6.33. The SMILES string of the molecule is O=[N+]([O-])c1cc([N+](=O)[O-])c(Nc2ccccc2N=Cc2c(O)ccc3ccccc23)cc1Cl. The van der Waals surface area contributed by atoms with E-state index in [1.54, 1.807) is 36.4 Å². The van der Waals surface area contributed by atoms with E-state index < -0.39 is 21.2 Å². The summed E-state index contributed by atoms with van der Waals surface area (Å²) in [5.74, 6) is 0.0562. The van der Waals surface area contributed by atoms with Gasteiger partial charge in [-0.1, -0.05) is 54.1 Å². The number of rotatable bonds is 6. The maximum absolute atomic E-state index is 11.5. The Morgan fingerprint density at radius 1 is 0.879 bits per heavy atom. The van der Waals surface area contributed by atoms with Crippen molar-refractivity contribution in [2.24, 2.45) is 4.99 Å². The standard InChI is InChI=1S/C23H15ClN4O5/c24-17-11-20(22(28(32)33)12-21(17)27(30)31)26-19-8-4-3-7-18(19)25-13-16-15-6-2-1-5-14(15)9-10-23(16)29/h1-13,26,29H. The Hall–Kier alpha value is -4.50. The summed E-state index contributed by atoms with van der Waals surface area (Å²) in [4.78, 5) is 25.6. The number of anilines is 2. The number of fused-ring (bicyclic) bond motifs is 1. The van der Waals surface area contributed by atoms with E-state index in [-0.39, 0.29) is 16.5 Å². The first-order valence-electron chi connectivity index (χ1n) is 9.58. The molecule has 0 radical (unpaired) electrons. The van der Waals surface area contributed by atoms with E-state index in [1.165, 1.54) is 6.21 Å². The Morgan fingerprint density at radius 2 is 1.58 bits per heavy atom. The first-order chi connectivity index (χ1) is 15.8. The lowest BCUT2D eigenvalue weighted by atomic mass is 10.0. The van der Waals surface area contributed by atoms with E-state index in [2.05, 4.69) is 10.3 Å². The minimum atomic E-state index is -0.784. The average molecular weight is 463 g/mol. The van der Waals surface area contributed by atoms with Crippen molar-refractivity contribution in [2.75, 3.05) is 5.32 Å². The molecule has 4 aromatic carbocycles. The minimum Gasteiger partial charge on any atom is -0.507 e. The minimum absolute atomic E-state index is 0.0220. The highest BCUT2D eigenvalue weighted by atomic mass is 35.5. The number of aromatic hydroxyl groups is 1. The molecule has 0 aliphatic heterocycles. The highest BCUT2D eigenvalue weighted by Crippen LogP contribution is 2.39. The fraction of sp³-hybridized carbons (Fsp3) is 0. The van der Waals surface area contributed by atoms with Crippen molar-refractivity contribution in [3.05, 3.63) is 104 Å². The molecule has 0 aliphatic rings. The van der Waals surface area contributed by atoms with Crippen molar-refractivity contribution >= 4 is 57.0 Å². The molecule has 9 nitrogen and oxygen atoms in total. The van der Waals surface area contributed by atoms with Gasteiger partial charge in [0.2, 0.25) is 0 Å². The van der Waals surface area contributed by atoms with Crippen LogP contribution in [-0.2, 0) is 0 Å². The molecule has 0 aliphatic carbocycles. The summed E-state index contributed by atoms with van der Waals surface area (Å²) < 4.78 is 0. The number of phenols is 1. The number of nitro groups is 2. The molecule has 0 heterocycles. The third kappa shape index (κ3) is 4.43. The second-order valence-electron chi connectivity index (χ2n) is 6.95. The lowest BCUT2D eigenvalue weighted by Crippen LogP contribution is -2.00. The Bertz CT molecular complexity index is 1440. The zero-order chi connectivity index (χ0) is 23.5. The third-order valence-electron chi connectivity index (χ3n) is 4.91. The summed E-state index contributed by atoms with van der Waals surface area (Å²) in [6.07, 6.45) is 1.51. The molecule has 0 saturated heterocycles. The second kappa shape index (κ2) is 8.93. The van der Waals surface area contributed by atoms with E-state index in [1.807, 2.05) is 24.3 Å². The first-order valence-corrected chi connectivity index (χ1v) is 9.96. The van der Waals surface area contributed by atoms with E-state index >= 15 is 0 Å². The number of aliphatic imine (C=N–C) groups is 1. The van der Waals surface area contributed by atoms with Crippen molar-refractivity contribution < 1.29 is 15.0 Å². The number of halogens is 1. The summed E-state index contributed by atoms with van der Waals surface area (Å²) in [5.41, 5.74) is 0.261. The van der Waals surface area contributed by atoms with Crippen molar-refractivity contribution in [2.45, 2.75) is 0 Å². The molecule has 0 amide bonds. The van der Waals surface area contributed by atoms with Crippen LogP contribution in [0.25, 0.3) is 10.8 Å². The Kier molecular flexibility index (Phi) is 5.88. The number of nitro benzene ring substituents is 2. The van der Waals surface area contributed by atoms with Gasteiger partial charge >= 0.3 is 0 Å². The fourth-order valence-corrected chi connectivity index (χ4v) is 3.57. The van der Waals surface area contributed by atoms with Gasteiger partial charge in [-0.15, -0.1) is 0 Å². The van der Waals surface area contributed by atoms with Crippen LogP contribution in [0.5, 0.6) is 5.75 Å². The van der Waals surface area contributed by atoms with Gasteiger partial charge in [-0.2, -0.15) is 0 Å². The Balaban J connectivity index is 1.75. The summed E-state index contributed by atoms with van der Waals surface area (Å²) in [7, 11) is 0. The van der Waals surface area contributed by atoms with Crippen LogP contribution in [0, 0.1) is 20.2 Å². The van der Waals surface area contributed by atoms with Crippen molar-refractivity contribution in [3.8, 4) is 5.75 Å². The molecule has 0 aromatic heterocycles. The Labute approximate surface area is 191 Å². The van der Waals surface area contributed by atoms with Crippen LogP contribution in [0.4, 0.5) is 28.4 Å². The zero-order valence-electron chi connectivity index (χ0n) is 16.8. The molecule has 4 aromatic rings. The van der Waals surface area contributed by atoms with Gasteiger partial charge in [0.05, 0.1) is 27.3 Å². The van der Waals surface area contributed by atoms with Gasteiger partial charge < -0.3 is 10.4 Å². The monoisotopic (exact) mass is 462 g/mol. The van der Waals surface area contributed by atoms with Crippen LogP contribution >= 0.6 is 11.6 Å². The smallest absolute Gasteiger partial charge is 0.299 e. The molecule has 0 fully saturated rings. The second-order valence-corrected chi connectivity index (χ2v) is 7.36. The molecule has 2 N–H and O–H groups in total. The number of hydrogen-bond acceptors (Lipinski definition) is 7. The van der Waals surface area contributed by atoms with Gasteiger partial charge in [0.15, 0.2) is 0 Å². The van der Waals surface area contributed by atoms with Crippen LogP contribution in [0.3, 0.4) is 0 Å². The topological polar surface area (TPSA) is 131 Å². The molecule has 10 heteroatoms. The van der Waals surface area contributed by atoms with Gasteiger partial charge in [0.1, 0.15) is 16.5 Å². The molecular formula is C23H15ClN4O5. The van der Waals surface area contributed by atoms with E-state index in [9.17, 15) is 25.3 Å². The van der Waals surface area contributed by atoms with Crippen LogP contribution in [0.2, 0.25) is 5.02 Å². The lowest BCUT2D eigenvalue weighted by Gasteiger charge is -2.11. The van der Waals surface area contributed by atoms with Crippen LogP contribution in [-0.4, -0.2) is 21.2 Å². The number of benzene rings is 4. The quantitative estimate of drug-likeness (QED) is 0.191. The average Bonchev–Trinajstić information content (AvgIpc) is 2.79. The van der Waals surface area contributed by atoms with Crippen molar-refractivity contribution in [1.29, 1.82) is 0 Å². The van der Waals surface area contributed by atoms with E-state index in [0.717, 1.165) is 22.9 Å². The molecular weight excluding hydrogens is 448 g/mol. The van der Waals surface area contributed by atoms with Gasteiger partial charge in [0.25, 0.3) is 11.4 Å². The highest BCUT2D eigenvalue weighted by Gasteiger charge is 2.24. The van der Waals surface area contributed by atoms with Crippen LogP contribution in [0.15, 0.2) is 77.8 Å². The molecule has 33 heavy (non-hydrogen) atoms. The summed E-state index contributed by atoms with van der Waals surface area (Å²) >= 11 is 5.96. The number of nitrogens with zero attached hydrogens (tertiary/aromatic N) is 3. The number of para-hydroxylation sites is 2. The van der Waals surface area contributed by atoms with Gasteiger partial charge in [-0.3, -0.25) is 25.2 Å². The van der Waals surface area contributed by atoms with Gasteiger partial charge in [0, 0.05) is 11.8 Å². The van der Waals surface area contributed by atoms with Crippen LogP contribution in [0.1, 0.15) is 5.56 Å². The predicted octanol–water partition coefficient (Wildman–Crippen LogP) is 6.51. The third-order valence-corrected chi connectivity index (χ3v) is 5.22. The summed E-state index contributed by atoms with van der Waals surface area (Å²) in [6, 6.07) is 19.6. The van der Waals surface area contributed by atoms with Crippen molar-refractivity contribution in [3.63, 3.8) is 0 Å². The molecule has 0 atom stereocenters. The molecule has 0 saturated carbocycles. The molecule has 164 valence electrons. The maximum Gasteiger partial charge on any atom is 0.299 e. The summed E-state index contributed by atoms with van der Waals surface area (Å²) in [6.45, 7) is 0. The lowest BCUT2D eigenvalue weighted by molar-refractivity contribution is -0.393. The van der Waals surface area contributed by atoms with Crippen molar-refractivity contribution in [1.82, 2.24) is 0 Å². The molecule has 4 rings (SSSR count). The molecule has 0 unspecified atom stereocenters. The molecule has 0 spiro atoms. The number of nitrogens with one attached hydrogen (secondary N) is 1. The van der Waals surface area contributed by atoms with E-state index in [4.69, 9.17) is 11.6 Å². The maximum atomic E-state index is 11.5. The summed E-state index contributed by atoms with van der Waals surface area (Å²) in [5, 5.41) is 37.3. The normalized spacial score (nSPS) is 11.1. The first kappa shape index (κ1) is 21.7. The Morgan fingerprint density at radius 3 is 2.33 bits per heavy atom. The number of phenolic OH excluding ortho intramolecular Hbond substituents is 1. The number of hydrogen-bond donors (Lipinski definition) is 2. The fourth-order valence-electron chi connectivity index (χ4n) is 3.33. The van der Waals surface area contributed by atoms with Gasteiger partial charge in [-0.25, -0.2) is 0 Å². The van der Waals surface area contributed by atoms with Gasteiger partial charge in [-0.05, 0) is 35.0 Å². The van der Waals surface area contributed by atoms with E-state index in [0.29, 0.717) is 16.9 Å².